The van der Waals surface area contributed by atoms with Crippen molar-refractivity contribution in [3.8, 4) is 0 Å². The standard InChI is InChI=1S/C31H51N5O7S4/c1-19(37)14-21(18-45-47-31(5,6)7)28(42)35-22(24(38)15-20(27(33)41)17-44-46-30(2,3)4)10-8-9-13-34-29(43)23(16-32)36-25(39)11-12-26(36)40/h11-12,20-23H,8-10,13-18,32H2,1-7H3,(H2,33,41)(H,34,43)(H,35,42)/t20-,21-,22-,23-/m0/s1. The summed E-state index contributed by atoms with van der Waals surface area (Å²) in [5.41, 5.74) is 11.3. The molecule has 0 saturated heterocycles. The quantitative estimate of drug-likeness (QED) is 0.0722. The maximum Gasteiger partial charge on any atom is 0.254 e. The molecule has 1 aliphatic heterocycles. The first-order chi connectivity index (χ1) is 21.8. The van der Waals surface area contributed by atoms with Gasteiger partial charge in [0.1, 0.15) is 11.8 Å². The second-order valence-electron chi connectivity index (χ2n) is 13.3. The molecule has 6 N–H and O–H groups in total. The normalized spacial score (nSPS) is 16.0. The van der Waals surface area contributed by atoms with Crippen LogP contribution < -0.4 is 22.1 Å². The van der Waals surface area contributed by atoms with E-state index in [0.717, 1.165) is 17.1 Å². The minimum absolute atomic E-state index is 0.0287. The molecule has 0 aliphatic carbocycles. The molecule has 47 heavy (non-hydrogen) atoms. The highest BCUT2D eigenvalue weighted by Crippen LogP contribution is 2.37. The number of primary amides is 1. The topological polar surface area (TPSA) is 199 Å². The highest BCUT2D eigenvalue weighted by molar-refractivity contribution is 8.77. The summed E-state index contributed by atoms with van der Waals surface area (Å²) >= 11 is 0. The number of amides is 5. The molecule has 4 atom stereocenters. The van der Waals surface area contributed by atoms with Crippen molar-refractivity contribution in [2.45, 2.75) is 102 Å². The second kappa shape index (κ2) is 20.5. The summed E-state index contributed by atoms with van der Waals surface area (Å²) in [5.74, 6) is -3.96. The van der Waals surface area contributed by atoms with Gasteiger partial charge in [0.15, 0.2) is 5.78 Å². The number of unbranched alkanes of at least 4 members (excludes halogenated alkanes) is 1. The van der Waals surface area contributed by atoms with Crippen LogP contribution in [0.1, 0.15) is 80.6 Å². The smallest absolute Gasteiger partial charge is 0.254 e. The predicted molar refractivity (Wildman–Crippen MR) is 193 cm³/mol. The van der Waals surface area contributed by atoms with Crippen molar-refractivity contribution in [2.75, 3.05) is 24.6 Å². The molecule has 0 aromatic rings. The lowest BCUT2D eigenvalue weighted by molar-refractivity contribution is -0.145. The van der Waals surface area contributed by atoms with E-state index < -0.39 is 53.5 Å². The van der Waals surface area contributed by atoms with E-state index in [-0.39, 0.29) is 53.4 Å². The highest BCUT2D eigenvalue weighted by atomic mass is 33.1. The summed E-state index contributed by atoms with van der Waals surface area (Å²) < 4.78 is -0.109. The van der Waals surface area contributed by atoms with Gasteiger partial charge in [-0.1, -0.05) is 84.7 Å². The van der Waals surface area contributed by atoms with Crippen molar-refractivity contribution < 1.29 is 33.6 Å². The number of nitrogens with one attached hydrogen (secondary N) is 2. The fraction of sp³-hybridized carbons (Fsp3) is 0.710. The summed E-state index contributed by atoms with van der Waals surface area (Å²) in [6.07, 6.45) is 3.09. The molecule has 1 heterocycles. The predicted octanol–water partition coefficient (Wildman–Crippen LogP) is 3.03. The molecular weight excluding hydrogens is 683 g/mol. The van der Waals surface area contributed by atoms with Gasteiger partial charge >= 0.3 is 0 Å². The Bertz CT molecular complexity index is 1150. The van der Waals surface area contributed by atoms with E-state index in [1.54, 1.807) is 21.6 Å². The van der Waals surface area contributed by atoms with Crippen LogP contribution in [0.2, 0.25) is 0 Å². The van der Waals surface area contributed by atoms with Gasteiger partial charge in [0.25, 0.3) is 11.8 Å². The van der Waals surface area contributed by atoms with Gasteiger partial charge in [-0.2, -0.15) is 0 Å². The lowest BCUT2D eigenvalue weighted by Gasteiger charge is -2.25. The van der Waals surface area contributed by atoms with Crippen LogP contribution in [0.4, 0.5) is 0 Å². The van der Waals surface area contributed by atoms with Crippen molar-refractivity contribution in [3.05, 3.63) is 12.2 Å². The van der Waals surface area contributed by atoms with Gasteiger partial charge in [-0.25, -0.2) is 0 Å². The Kier molecular flexibility index (Phi) is 18.8. The van der Waals surface area contributed by atoms with Crippen LogP contribution in [-0.4, -0.2) is 92.2 Å². The lowest BCUT2D eigenvalue weighted by atomic mass is 9.95. The molecule has 12 nitrogen and oxygen atoms in total. The van der Waals surface area contributed by atoms with Crippen LogP contribution >= 0.6 is 43.2 Å². The van der Waals surface area contributed by atoms with Gasteiger partial charge in [-0.15, -0.1) is 0 Å². The van der Waals surface area contributed by atoms with Crippen molar-refractivity contribution in [3.63, 3.8) is 0 Å². The largest absolute Gasteiger partial charge is 0.369 e. The minimum Gasteiger partial charge on any atom is -0.369 e. The SMILES string of the molecule is CC(=O)C[C@@H](CSSC(C)(C)C)C(=O)N[C@@H](CCCCNC(=O)[C@H](CN)N1C(=O)C=CC1=O)C(=O)C[C@@H](CSSC(C)(C)C)C(N)=O. The van der Waals surface area contributed by atoms with Crippen LogP contribution in [0.25, 0.3) is 0 Å². The molecule has 0 radical (unpaired) electrons. The number of ketones is 2. The second-order valence-corrected chi connectivity index (χ2v) is 19.6. The molecule has 0 aromatic carbocycles. The third-order valence-electron chi connectivity index (χ3n) is 6.52. The zero-order valence-electron chi connectivity index (χ0n) is 28.4. The van der Waals surface area contributed by atoms with Crippen LogP contribution in [0.15, 0.2) is 12.2 Å². The number of hydrogen-bond donors (Lipinski definition) is 4. The zero-order chi connectivity index (χ0) is 35.9. The molecule has 266 valence electrons. The highest BCUT2D eigenvalue weighted by Gasteiger charge is 2.35. The first kappa shape index (κ1) is 43.0. The van der Waals surface area contributed by atoms with Gasteiger partial charge in [-0.3, -0.25) is 33.7 Å². The minimum atomic E-state index is -1.15. The molecule has 0 aromatic heterocycles. The van der Waals surface area contributed by atoms with Gasteiger partial charge in [-0.05, 0) is 26.2 Å². The molecule has 0 saturated carbocycles. The summed E-state index contributed by atoms with van der Waals surface area (Å²) in [7, 11) is 6.14. The van der Waals surface area contributed by atoms with E-state index >= 15 is 0 Å². The van der Waals surface area contributed by atoms with E-state index in [0.29, 0.717) is 24.3 Å². The number of nitrogens with zero attached hydrogens (tertiary/aromatic N) is 1. The number of hydrogen-bond acceptors (Lipinski definition) is 12. The van der Waals surface area contributed by atoms with E-state index in [4.69, 9.17) is 11.5 Å². The Morgan fingerprint density at radius 3 is 1.83 bits per heavy atom. The van der Waals surface area contributed by atoms with Crippen molar-refractivity contribution in [1.82, 2.24) is 15.5 Å². The van der Waals surface area contributed by atoms with Crippen molar-refractivity contribution >= 4 is 84.3 Å². The molecule has 5 amide bonds. The third-order valence-corrected chi connectivity index (χ3v) is 13.4. The zero-order valence-corrected chi connectivity index (χ0v) is 31.7. The average Bonchev–Trinajstić information content (AvgIpc) is 3.27. The fourth-order valence-electron chi connectivity index (χ4n) is 4.24. The van der Waals surface area contributed by atoms with Gasteiger partial charge < -0.3 is 26.9 Å². The first-order valence-electron chi connectivity index (χ1n) is 15.5. The van der Waals surface area contributed by atoms with Crippen LogP contribution in [0.3, 0.4) is 0 Å². The number of rotatable bonds is 22. The molecule has 0 spiro atoms. The molecular formula is C31H51N5O7S4. The molecule has 16 heteroatoms. The Hall–Kier alpha value is -2.01. The maximum absolute atomic E-state index is 13.6. The van der Waals surface area contributed by atoms with Crippen molar-refractivity contribution in [2.24, 2.45) is 23.3 Å². The van der Waals surface area contributed by atoms with E-state index in [9.17, 15) is 33.6 Å². The van der Waals surface area contributed by atoms with Crippen LogP contribution in [-0.2, 0) is 33.6 Å². The van der Waals surface area contributed by atoms with E-state index in [1.165, 1.54) is 28.5 Å². The number of carbonyl (C=O) groups is 7. The molecule has 1 aliphatic rings. The number of nitrogens with two attached hydrogens (primary N) is 2. The van der Waals surface area contributed by atoms with Crippen molar-refractivity contribution in [1.29, 1.82) is 0 Å². The van der Waals surface area contributed by atoms with Crippen LogP contribution in [0.5, 0.6) is 0 Å². The Morgan fingerprint density at radius 1 is 0.830 bits per heavy atom. The molecule has 1 rings (SSSR count). The first-order valence-corrected chi connectivity index (χ1v) is 20.2. The monoisotopic (exact) mass is 733 g/mol. The average molecular weight is 734 g/mol. The number of imide groups is 1. The van der Waals surface area contributed by atoms with Crippen LogP contribution in [0, 0.1) is 11.8 Å². The van der Waals surface area contributed by atoms with E-state index in [2.05, 4.69) is 10.6 Å². The summed E-state index contributed by atoms with van der Waals surface area (Å²) in [5, 5.41) is 5.53. The third kappa shape index (κ3) is 17.3. The van der Waals surface area contributed by atoms with Gasteiger partial charge in [0.2, 0.25) is 17.7 Å². The number of Topliss-reactive ketones (excluding diaryl/α,β-unsaturated/α-hetero) is 2. The molecule has 0 unspecified atom stereocenters. The maximum atomic E-state index is 13.6. The summed E-state index contributed by atoms with van der Waals surface area (Å²) in [6.45, 7) is 13.6. The summed E-state index contributed by atoms with van der Waals surface area (Å²) in [6, 6.07) is -2.08. The van der Waals surface area contributed by atoms with Gasteiger partial charge in [0, 0.05) is 59.1 Å². The lowest BCUT2D eigenvalue weighted by Crippen LogP contribution is -2.53. The molecule has 0 bridgehead atoms. The molecule has 0 fully saturated rings. The van der Waals surface area contributed by atoms with Gasteiger partial charge in [0.05, 0.1) is 17.9 Å². The summed E-state index contributed by atoms with van der Waals surface area (Å²) in [4.78, 5) is 88.8. The Balaban J connectivity index is 2.96. The Morgan fingerprint density at radius 2 is 1.36 bits per heavy atom. The Labute approximate surface area is 294 Å². The fourth-order valence-corrected chi connectivity index (χ4v) is 9.48. The number of carbonyl (C=O) groups excluding carboxylic acids is 7. The van der Waals surface area contributed by atoms with E-state index in [1.807, 2.05) is 41.5 Å².